The minimum Gasteiger partial charge on any atom is -0.326 e. The summed E-state index contributed by atoms with van der Waals surface area (Å²) in [4.78, 5) is 2.31. The lowest BCUT2D eigenvalue weighted by Gasteiger charge is -2.45. The lowest BCUT2D eigenvalue weighted by atomic mass is 9.77. The highest BCUT2D eigenvalue weighted by Crippen LogP contribution is 2.29. The van der Waals surface area contributed by atoms with Gasteiger partial charge in [0.25, 0.3) is 0 Å². The van der Waals surface area contributed by atoms with Crippen LogP contribution in [0.2, 0.25) is 0 Å². The Morgan fingerprint density at radius 1 is 1.14 bits per heavy atom. The fourth-order valence-electron chi connectivity index (χ4n) is 2.44. The minimum absolute atomic E-state index is 0.176. The van der Waals surface area contributed by atoms with Gasteiger partial charge >= 0.3 is 0 Å². The number of rotatable bonds is 6. The van der Waals surface area contributed by atoms with E-state index in [-0.39, 0.29) is 11.6 Å². The highest BCUT2D eigenvalue weighted by atomic mass is 15.2. The summed E-state index contributed by atoms with van der Waals surface area (Å²) in [6, 6.07) is 0.275. The quantitative estimate of drug-likeness (QED) is 0.714. The van der Waals surface area contributed by atoms with Crippen LogP contribution >= 0.6 is 0 Å². The fraction of sp³-hybridized carbons (Fsp3) is 1.00. The Morgan fingerprint density at radius 3 is 1.79 bits per heavy atom. The molecule has 2 N–H and O–H groups in total. The summed E-state index contributed by atoms with van der Waals surface area (Å²) in [5.74, 6) is 0.595. The van der Waals surface area contributed by atoms with Crippen LogP contribution in [0.15, 0.2) is 0 Å². The normalized spacial score (nSPS) is 17.1. The molecule has 0 aliphatic rings. The van der Waals surface area contributed by atoms with E-state index >= 15 is 0 Å². The van der Waals surface area contributed by atoms with Crippen LogP contribution in [-0.2, 0) is 0 Å². The molecule has 0 aromatic heterocycles. The summed E-state index contributed by atoms with van der Waals surface area (Å²) < 4.78 is 0. The zero-order chi connectivity index (χ0) is 11.4. The number of nitrogens with zero attached hydrogens (tertiary/aromatic N) is 1. The molecule has 2 nitrogen and oxygen atoms in total. The third kappa shape index (κ3) is 2.48. The van der Waals surface area contributed by atoms with E-state index in [1.54, 1.807) is 0 Å². The maximum Gasteiger partial charge on any atom is 0.0351 e. The Morgan fingerprint density at radius 2 is 1.57 bits per heavy atom. The van der Waals surface area contributed by atoms with Gasteiger partial charge in [0, 0.05) is 11.6 Å². The van der Waals surface area contributed by atoms with Gasteiger partial charge in [-0.2, -0.15) is 0 Å². The highest BCUT2D eigenvalue weighted by Gasteiger charge is 2.37. The first-order valence-corrected chi connectivity index (χ1v) is 5.89. The lowest BCUT2D eigenvalue weighted by Crippen LogP contribution is -2.59. The van der Waals surface area contributed by atoms with Gasteiger partial charge in [-0.1, -0.05) is 34.1 Å². The smallest absolute Gasteiger partial charge is 0.0351 e. The molecule has 0 aliphatic carbocycles. The second-order valence-corrected chi connectivity index (χ2v) is 4.62. The number of hydrogen-bond donors (Lipinski definition) is 1. The van der Waals surface area contributed by atoms with E-state index in [0.29, 0.717) is 5.92 Å². The Balaban J connectivity index is 4.79. The Kier molecular flexibility index (Phi) is 5.68. The Hall–Kier alpha value is -0.0800. The standard InChI is InChI=1S/C12H28N2/c1-7-10(4)11(13)12(8-2,9-3)14(5)6/h10-11H,7-9,13H2,1-6H3. The van der Waals surface area contributed by atoms with Crippen molar-refractivity contribution in [3.05, 3.63) is 0 Å². The van der Waals surface area contributed by atoms with E-state index in [0.717, 1.165) is 19.3 Å². The molecule has 2 heteroatoms. The monoisotopic (exact) mass is 200 g/mol. The van der Waals surface area contributed by atoms with Crippen LogP contribution in [0.5, 0.6) is 0 Å². The summed E-state index contributed by atoms with van der Waals surface area (Å²) in [5, 5.41) is 0. The van der Waals surface area contributed by atoms with Crippen molar-refractivity contribution in [3.8, 4) is 0 Å². The molecule has 0 fully saturated rings. The number of nitrogens with two attached hydrogens (primary N) is 1. The molecule has 0 bridgehead atoms. The van der Waals surface area contributed by atoms with E-state index in [1.165, 1.54) is 0 Å². The Bertz CT molecular complexity index is 150. The molecular weight excluding hydrogens is 172 g/mol. The topological polar surface area (TPSA) is 29.3 Å². The van der Waals surface area contributed by atoms with Crippen LogP contribution < -0.4 is 5.73 Å². The van der Waals surface area contributed by atoms with E-state index < -0.39 is 0 Å². The van der Waals surface area contributed by atoms with Crippen LogP contribution in [0.4, 0.5) is 0 Å². The summed E-state index contributed by atoms with van der Waals surface area (Å²) in [5.41, 5.74) is 6.56. The molecule has 0 radical (unpaired) electrons. The lowest BCUT2D eigenvalue weighted by molar-refractivity contribution is 0.0813. The molecular formula is C12H28N2. The molecule has 0 saturated heterocycles. The molecule has 2 unspecified atom stereocenters. The van der Waals surface area contributed by atoms with Crippen molar-refractivity contribution in [2.75, 3.05) is 14.1 Å². The third-order valence-corrected chi connectivity index (χ3v) is 3.99. The summed E-state index contributed by atoms with van der Waals surface area (Å²) in [6.45, 7) is 8.96. The van der Waals surface area contributed by atoms with Crippen molar-refractivity contribution < 1.29 is 0 Å². The van der Waals surface area contributed by atoms with E-state index in [4.69, 9.17) is 5.73 Å². The second kappa shape index (κ2) is 5.72. The van der Waals surface area contributed by atoms with Gasteiger partial charge < -0.3 is 10.6 Å². The molecule has 0 rings (SSSR count). The first kappa shape index (κ1) is 13.9. The fourth-order valence-corrected chi connectivity index (χ4v) is 2.44. The van der Waals surface area contributed by atoms with Crippen molar-refractivity contribution in [3.63, 3.8) is 0 Å². The van der Waals surface area contributed by atoms with Gasteiger partial charge in [0.1, 0.15) is 0 Å². The third-order valence-electron chi connectivity index (χ3n) is 3.99. The minimum atomic E-state index is 0.176. The van der Waals surface area contributed by atoms with Gasteiger partial charge in [0.05, 0.1) is 0 Å². The molecule has 0 spiro atoms. The van der Waals surface area contributed by atoms with Crippen molar-refractivity contribution in [2.45, 2.75) is 58.5 Å². The van der Waals surface area contributed by atoms with Gasteiger partial charge in [-0.25, -0.2) is 0 Å². The van der Waals surface area contributed by atoms with Crippen LogP contribution in [0, 0.1) is 5.92 Å². The van der Waals surface area contributed by atoms with Gasteiger partial charge in [-0.15, -0.1) is 0 Å². The number of likely N-dealkylation sites (N-methyl/N-ethyl adjacent to an activating group) is 1. The summed E-state index contributed by atoms with van der Waals surface area (Å²) in [7, 11) is 4.30. The molecule has 0 aromatic carbocycles. The molecule has 14 heavy (non-hydrogen) atoms. The molecule has 0 saturated carbocycles. The SMILES string of the molecule is CCC(C)C(N)C(CC)(CC)N(C)C. The van der Waals surface area contributed by atoms with Gasteiger partial charge in [0.15, 0.2) is 0 Å². The summed E-state index contributed by atoms with van der Waals surface area (Å²) in [6.07, 6.45) is 3.42. The maximum atomic E-state index is 6.39. The second-order valence-electron chi connectivity index (χ2n) is 4.62. The molecule has 0 amide bonds. The van der Waals surface area contributed by atoms with E-state index in [9.17, 15) is 0 Å². The molecule has 0 aromatic rings. The van der Waals surface area contributed by atoms with E-state index in [2.05, 4.69) is 46.7 Å². The number of hydrogen-bond acceptors (Lipinski definition) is 2. The predicted molar refractivity (Wildman–Crippen MR) is 64.4 cm³/mol. The first-order valence-electron chi connectivity index (χ1n) is 5.89. The molecule has 0 aliphatic heterocycles. The van der Waals surface area contributed by atoms with Crippen LogP contribution in [0.1, 0.15) is 47.0 Å². The average Bonchev–Trinajstić information content (AvgIpc) is 2.18. The van der Waals surface area contributed by atoms with Crippen LogP contribution in [0.25, 0.3) is 0 Å². The van der Waals surface area contributed by atoms with Crippen LogP contribution in [0.3, 0.4) is 0 Å². The molecule has 86 valence electrons. The Labute approximate surface area is 89.9 Å². The van der Waals surface area contributed by atoms with Crippen molar-refractivity contribution in [2.24, 2.45) is 11.7 Å². The van der Waals surface area contributed by atoms with Crippen LogP contribution in [-0.4, -0.2) is 30.6 Å². The molecule has 2 atom stereocenters. The van der Waals surface area contributed by atoms with Crippen molar-refractivity contribution in [1.29, 1.82) is 0 Å². The highest BCUT2D eigenvalue weighted by molar-refractivity contribution is 4.97. The van der Waals surface area contributed by atoms with Crippen molar-refractivity contribution in [1.82, 2.24) is 4.90 Å². The van der Waals surface area contributed by atoms with Crippen molar-refractivity contribution >= 4 is 0 Å². The van der Waals surface area contributed by atoms with Gasteiger partial charge in [-0.3, -0.25) is 0 Å². The van der Waals surface area contributed by atoms with E-state index in [1.807, 2.05) is 0 Å². The summed E-state index contributed by atoms with van der Waals surface area (Å²) >= 11 is 0. The average molecular weight is 200 g/mol. The van der Waals surface area contributed by atoms with Gasteiger partial charge in [0.2, 0.25) is 0 Å². The zero-order valence-corrected chi connectivity index (χ0v) is 10.8. The maximum absolute atomic E-state index is 6.39. The molecule has 0 heterocycles. The zero-order valence-electron chi connectivity index (χ0n) is 10.8. The largest absolute Gasteiger partial charge is 0.326 e. The first-order chi connectivity index (χ1) is 6.46. The van der Waals surface area contributed by atoms with Gasteiger partial charge in [-0.05, 0) is 32.9 Å². The predicted octanol–water partition coefficient (Wildman–Crippen LogP) is 2.48.